The number of hydrogen-bond acceptors (Lipinski definition) is 6. The molecule has 8 heteroatoms. The van der Waals surface area contributed by atoms with Crippen molar-refractivity contribution < 1.29 is 29.3 Å². The lowest BCUT2D eigenvalue weighted by Crippen LogP contribution is -2.37. The van der Waals surface area contributed by atoms with Crippen LogP contribution in [0.15, 0.2) is 78.9 Å². The molecule has 0 aromatic heterocycles. The summed E-state index contributed by atoms with van der Waals surface area (Å²) in [5, 5.41) is 18.6. The highest BCUT2D eigenvalue weighted by Gasteiger charge is 2.26. The highest BCUT2D eigenvalue weighted by atomic mass is 16.5. The summed E-state index contributed by atoms with van der Waals surface area (Å²) in [5.41, 5.74) is 10.1. The van der Waals surface area contributed by atoms with E-state index in [9.17, 15) is 19.8 Å². The summed E-state index contributed by atoms with van der Waals surface area (Å²) in [5.74, 6) is -0.407. The minimum absolute atomic E-state index is 0.0153. The quantitative estimate of drug-likeness (QED) is 0.188. The minimum atomic E-state index is -0.975. The maximum Gasteiger partial charge on any atom is 0.333 e. The third-order valence-corrected chi connectivity index (χ3v) is 7.76. The number of nitrogens with two attached hydrogens (primary N) is 1. The van der Waals surface area contributed by atoms with E-state index < -0.39 is 12.1 Å². The topological polar surface area (TPSA) is 122 Å². The van der Waals surface area contributed by atoms with Crippen molar-refractivity contribution in [3.8, 4) is 5.75 Å². The van der Waals surface area contributed by atoms with Crippen molar-refractivity contribution >= 4 is 11.9 Å². The van der Waals surface area contributed by atoms with Crippen molar-refractivity contribution in [3.05, 3.63) is 101 Å². The molecule has 238 valence electrons. The molecule has 3 aromatic carbocycles. The minimum Gasteiger partial charge on any atom is -0.484 e. The summed E-state index contributed by atoms with van der Waals surface area (Å²) in [6.45, 7) is 5.69. The first kappa shape index (κ1) is 34.8. The van der Waals surface area contributed by atoms with Crippen LogP contribution in [0.3, 0.4) is 0 Å². The standard InChI is InChI=1S/C27H37NO5.C9H11NO/c1-3-5-6-10-18-28(19-17-22-11-8-7-9-12-22)26(29)21-33-24-15-13-23(14-16-24)20-25(27(30)31)32-4-2;10-9-7-4-2-1-3-6(7)5-8(9)11/h7-9,11-16,25H,3-6,10,17-21H2,1-2H3,(H,30,31);1-4,8-9,11H,5,10H2/t25-;8-,9+/m10/s1. The van der Waals surface area contributed by atoms with Gasteiger partial charge in [-0.3, -0.25) is 4.79 Å². The number of carboxylic acids is 1. The van der Waals surface area contributed by atoms with Gasteiger partial charge in [-0.05, 0) is 54.2 Å². The van der Waals surface area contributed by atoms with Gasteiger partial charge in [-0.25, -0.2) is 4.79 Å². The molecule has 0 fully saturated rings. The highest BCUT2D eigenvalue weighted by molar-refractivity contribution is 5.77. The van der Waals surface area contributed by atoms with Crippen LogP contribution in [0.25, 0.3) is 0 Å². The summed E-state index contributed by atoms with van der Waals surface area (Å²) in [6, 6.07) is 25.1. The number of carbonyl (C=O) groups excluding carboxylic acids is 1. The number of unbranched alkanes of at least 4 members (excludes halogenated alkanes) is 3. The fourth-order valence-corrected chi connectivity index (χ4v) is 5.20. The van der Waals surface area contributed by atoms with Crippen LogP contribution in [0, 0.1) is 0 Å². The van der Waals surface area contributed by atoms with E-state index in [4.69, 9.17) is 15.2 Å². The molecule has 3 atom stereocenters. The Bertz CT molecular complexity index is 1270. The Kier molecular flexibility index (Phi) is 14.9. The number of fused-ring (bicyclic) bond motifs is 1. The second-order valence-corrected chi connectivity index (χ2v) is 11.1. The Labute approximate surface area is 261 Å². The molecule has 1 aliphatic rings. The molecule has 0 saturated heterocycles. The van der Waals surface area contributed by atoms with Crippen molar-refractivity contribution in [1.29, 1.82) is 0 Å². The SMILES string of the molecule is CCCCCCN(CCc1ccccc1)C(=O)COc1ccc(C[C@@H](OCC)C(=O)O)cc1.N[C@@H]1c2ccccc2C[C@@H]1O. The molecular formula is C36H48N2O6. The molecule has 4 N–H and O–H groups in total. The fraction of sp³-hybridized carbons (Fsp3) is 0.444. The summed E-state index contributed by atoms with van der Waals surface area (Å²) in [6.07, 6.45) is 5.01. The monoisotopic (exact) mass is 604 g/mol. The molecule has 8 nitrogen and oxygen atoms in total. The van der Waals surface area contributed by atoms with Gasteiger partial charge in [0.2, 0.25) is 0 Å². The van der Waals surface area contributed by atoms with Gasteiger partial charge in [0.25, 0.3) is 5.91 Å². The lowest BCUT2D eigenvalue weighted by molar-refractivity contribution is -0.150. The van der Waals surface area contributed by atoms with Gasteiger partial charge >= 0.3 is 5.97 Å². The summed E-state index contributed by atoms with van der Waals surface area (Å²) >= 11 is 0. The molecule has 0 unspecified atom stereocenters. The molecule has 0 aliphatic heterocycles. The van der Waals surface area contributed by atoms with Gasteiger partial charge in [0.15, 0.2) is 12.7 Å². The maximum absolute atomic E-state index is 12.9. The van der Waals surface area contributed by atoms with Crippen molar-refractivity contribution in [2.24, 2.45) is 5.73 Å². The van der Waals surface area contributed by atoms with Crippen LogP contribution in [0.1, 0.15) is 67.8 Å². The molecule has 3 aromatic rings. The summed E-state index contributed by atoms with van der Waals surface area (Å²) in [4.78, 5) is 26.0. The van der Waals surface area contributed by atoms with Crippen LogP contribution in [0.5, 0.6) is 5.75 Å². The van der Waals surface area contributed by atoms with Crippen molar-refractivity contribution in [2.75, 3.05) is 26.3 Å². The normalized spacial score (nSPS) is 15.9. The van der Waals surface area contributed by atoms with Gasteiger partial charge < -0.3 is 30.3 Å². The number of carboxylic acid groups (broad SMARTS) is 1. The zero-order chi connectivity index (χ0) is 31.7. The number of nitrogens with zero attached hydrogens (tertiary/aromatic N) is 1. The van der Waals surface area contributed by atoms with Crippen LogP contribution in [-0.2, 0) is 33.6 Å². The van der Waals surface area contributed by atoms with E-state index in [2.05, 4.69) is 19.1 Å². The van der Waals surface area contributed by atoms with Crippen molar-refractivity contribution in [3.63, 3.8) is 0 Å². The number of aliphatic hydroxyl groups is 1. The Balaban J connectivity index is 0.000000397. The molecule has 0 heterocycles. The van der Waals surface area contributed by atoms with Gasteiger partial charge in [-0.15, -0.1) is 0 Å². The fourth-order valence-electron chi connectivity index (χ4n) is 5.20. The first-order valence-electron chi connectivity index (χ1n) is 15.7. The van der Waals surface area contributed by atoms with E-state index in [0.29, 0.717) is 25.3 Å². The van der Waals surface area contributed by atoms with Crippen LogP contribution >= 0.6 is 0 Å². The number of rotatable bonds is 16. The second kappa shape index (κ2) is 18.8. The van der Waals surface area contributed by atoms with Gasteiger partial charge in [-0.1, -0.05) is 92.9 Å². The number of ether oxygens (including phenoxy) is 2. The van der Waals surface area contributed by atoms with E-state index in [1.807, 2.05) is 59.5 Å². The molecular weight excluding hydrogens is 556 g/mol. The van der Waals surface area contributed by atoms with Gasteiger partial charge in [0.1, 0.15) is 5.75 Å². The van der Waals surface area contributed by atoms with Crippen LogP contribution in [-0.4, -0.2) is 65.5 Å². The van der Waals surface area contributed by atoms with Crippen LogP contribution in [0.2, 0.25) is 0 Å². The van der Waals surface area contributed by atoms with Gasteiger partial charge in [-0.2, -0.15) is 0 Å². The van der Waals surface area contributed by atoms with Crippen molar-refractivity contribution in [1.82, 2.24) is 4.90 Å². The molecule has 1 amide bonds. The third kappa shape index (κ3) is 11.4. The summed E-state index contributed by atoms with van der Waals surface area (Å²) in [7, 11) is 0. The number of hydrogen-bond donors (Lipinski definition) is 3. The maximum atomic E-state index is 12.9. The lowest BCUT2D eigenvalue weighted by atomic mass is 10.1. The Morgan fingerprint density at radius 1 is 0.909 bits per heavy atom. The Morgan fingerprint density at radius 3 is 2.27 bits per heavy atom. The Hall–Kier alpha value is -3.72. The smallest absolute Gasteiger partial charge is 0.333 e. The largest absolute Gasteiger partial charge is 0.484 e. The van der Waals surface area contributed by atoms with Crippen LogP contribution in [0.4, 0.5) is 0 Å². The average Bonchev–Trinajstić information content (AvgIpc) is 3.33. The van der Waals surface area contributed by atoms with Crippen LogP contribution < -0.4 is 10.5 Å². The first-order chi connectivity index (χ1) is 21.3. The Morgan fingerprint density at radius 2 is 1.61 bits per heavy atom. The molecule has 0 spiro atoms. The predicted molar refractivity (Wildman–Crippen MR) is 173 cm³/mol. The predicted octanol–water partition coefficient (Wildman–Crippen LogP) is 5.35. The summed E-state index contributed by atoms with van der Waals surface area (Å²) < 4.78 is 11.0. The number of benzene rings is 3. The van der Waals surface area contributed by atoms with E-state index in [-0.39, 0.29) is 31.1 Å². The number of aliphatic carboxylic acids is 1. The highest BCUT2D eigenvalue weighted by Crippen LogP contribution is 2.28. The van der Waals surface area contributed by atoms with Gasteiger partial charge in [0.05, 0.1) is 12.1 Å². The average molecular weight is 605 g/mol. The lowest BCUT2D eigenvalue weighted by Gasteiger charge is -2.23. The van der Waals surface area contributed by atoms with Gasteiger partial charge in [0, 0.05) is 32.5 Å². The second-order valence-electron chi connectivity index (χ2n) is 11.1. The third-order valence-electron chi connectivity index (χ3n) is 7.76. The number of carbonyl (C=O) groups is 2. The zero-order valence-electron chi connectivity index (χ0n) is 26.1. The van der Waals surface area contributed by atoms with Crippen molar-refractivity contribution in [2.45, 2.75) is 77.0 Å². The zero-order valence-corrected chi connectivity index (χ0v) is 26.1. The van der Waals surface area contributed by atoms with E-state index in [1.165, 1.54) is 17.5 Å². The molecule has 4 rings (SSSR count). The first-order valence-corrected chi connectivity index (χ1v) is 15.7. The number of aliphatic hydroxyl groups excluding tert-OH is 1. The molecule has 0 saturated carbocycles. The number of amides is 1. The van der Waals surface area contributed by atoms with E-state index >= 15 is 0 Å². The molecule has 0 bridgehead atoms. The van der Waals surface area contributed by atoms with E-state index in [1.54, 1.807) is 19.1 Å². The molecule has 44 heavy (non-hydrogen) atoms. The molecule has 0 radical (unpaired) electrons. The van der Waals surface area contributed by atoms with E-state index in [0.717, 1.165) is 43.4 Å². The molecule has 1 aliphatic carbocycles.